The lowest BCUT2D eigenvalue weighted by molar-refractivity contribution is 0.104. The first-order valence-corrected chi connectivity index (χ1v) is 4.45. The van der Waals surface area contributed by atoms with E-state index < -0.39 is 28.8 Å². The zero-order valence-electron chi connectivity index (χ0n) is 8.80. The summed E-state index contributed by atoms with van der Waals surface area (Å²) in [7, 11) is 3.34. The maximum atomic E-state index is 13.1. The third-order valence-electron chi connectivity index (χ3n) is 1.80. The van der Waals surface area contributed by atoms with Gasteiger partial charge in [-0.2, -0.15) is 0 Å². The molecule has 0 aliphatic rings. The minimum absolute atomic E-state index is 0.353. The fourth-order valence-electron chi connectivity index (χ4n) is 1.02. The van der Waals surface area contributed by atoms with Gasteiger partial charge in [0.05, 0.1) is 5.56 Å². The normalized spacial score (nSPS) is 10.8. The van der Waals surface area contributed by atoms with E-state index in [2.05, 4.69) is 0 Å². The van der Waals surface area contributed by atoms with Crippen molar-refractivity contribution in [2.75, 3.05) is 14.1 Å². The van der Waals surface area contributed by atoms with Crippen LogP contribution in [0, 0.1) is 17.5 Å². The third kappa shape index (κ3) is 2.85. The van der Waals surface area contributed by atoms with E-state index in [-0.39, 0.29) is 0 Å². The Morgan fingerprint density at radius 1 is 1.12 bits per heavy atom. The summed E-state index contributed by atoms with van der Waals surface area (Å²) in [6, 6.07) is 0.902. The van der Waals surface area contributed by atoms with Crippen LogP contribution in [0.4, 0.5) is 13.2 Å². The zero-order chi connectivity index (χ0) is 12.3. The summed E-state index contributed by atoms with van der Waals surface area (Å²) >= 11 is 0. The van der Waals surface area contributed by atoms with Gasteiger partial charge in [-0.05, 0) is 6.07 Å². The number of allylic oxidation sites excluding steroid dienone is 1. The minimum Gasteiger partial charge on any atom is -0.383 e. The molecule has 0 bridgehead atoms. The van der Waals surface area contributed by atoms with E-state index in [1.807, 2.05) is 0 Å². The first-order valence-electron chi connectivity index (χ1n) is 4.45. The number of benzene rings is 1. The molecule has 2 nitrogen and oxygen atoms in total. The summed E-state index contributed by atoms with van der Waals surface area (Å²) in [4.78, 5) is 13.0. The predicted octanol–water partition coefficient (Wildman–Crippen LogP) is 2.36. The van der Waals surface area contributed by atoms with Crippen molar-refractivity contribution in [1.82, 2.24) is 4.90 Å². The number of hydrogen-bond donors (Lipinski definition) is 0. The fraction of sp³-hybridized carbons (Fsp3) is 0.182. The molecule has 0 radical (unpaired) electrons. The summed E-state index contributed by atoms with van der Waals surface area (Å²) in [5.41, 5.74) is -0.489. The van der Waals surface area contributed by atoms with E-state index in [1.54, 1.807) is 19.0 Å². The maximum absolute atomic E-state index is 13.1. The Kier molecular flexibility index (Phi) is 3.71. The molecular weight excluding hydrogens is 219 g/mol. The van der Waals surface area contributed by atoms with Crippen molar-refractivity contribution in [2.24, 2.45) is 0 Å². The lowest BCUT2D eigenvalue weighted by Crippen LogP contribution is -2.05. The van der Waals surface area contributed by atoms with Crippen LogP contribution in [0.15, 0.2) is 24.4 Å². The lowest BCUT2D eigenvalue weighted by atomic mass is 10.1. The first-order chi connectivity index (χ1) is 7.41. The Bertz CT molecular complexity index is 441. The van der Waals surface area contributed by atoms with Crippen molar-refractivity contribution in [1.29, 1.82) is 0 Å². The van der Waals surface area contributed by atoms with Crippen LogP contribution in [-0.2, 0) is 0 Å². The van der Waals surface area contributed by atoms with E-state index in [4.69, 9.17) is 0 Å². The first kappa shape index (κ1) is 12.3. The van der Waals surface area contributed by atoms with Gasteiger partial charge in [0.1, 0.15) is 5.82 Å². The van der Waals surface area contributed by atoms with Crippen LogP contribution < -0.4 is 0 Å². The Morgan fingerprint density at radius 3 is 2.25 bits per heavy atom. The van der Waals surface area contributed by atoms with E-state index in [0.29, 0.717) is 12.1 Å². The SMILES string of the molecule is CN(C)/C=C\C(=O)c1cc(F)c(F)cc1F. The van der Waals surface area contributed by atoms with Gasteiger partial charge in [-0.1, -0.05) is 0 Å². The quantitative estimate of drug-likeness (QED) is 0.450. The molecular formula is C11H10F3NO. The third-order valence-corrected chi connectivity index (χ3v) is 1.80. The molecule has 86 valence electrons. The standard InChI is InChI=1S/C11H10F3NO/c1-15(2)4-3-11(16)7-5-9(13)10(14)6-8(7)12/h3-6H,1-2H3/b4-3-. The van der Waals surface area contributed by atoms with Gasteiger partial charge in [0.15, 0.2) is 17.4 Å². The highest BCUT2D eigenvalue weighted by molar-refractivity contribution is 6.04. The molecule has 0 saturated carbocycles. The van der Waals surface area contributed by atoms with Crippen LogP contribution in [-0.4, -0.2) is 24.8 Å². The van der Waals surface area contributed by atoms with Gasteiger partial charge in [0.25, 0.3) is 0 Å². The van der Waals surface area contributed by atoms with Crippen LogP contribution in [0.5, 0.6) is 0 Å². The maximum Gasteiger partial charge on any atom is 0.190 e. The predicted molar refractivity (Wildman–Crippen MR) is 53.5 cm³/mol. The smallest absolute Gasteiger partial charge is 0.190 e. The molecule has 0 fully saturated rings. The Hall–Kier alpha value is -1.78. The van der Waals surface area contributed by atoms with Crippen molar-refractivity contribution in [2.45, 2.75) is 0 Å². The molecule has 0 aliphatic carbocycles. The molecule has 0 spiro atoms. The molecule has 0 unspecified atom stereocenters. The summed E-state index contributed by atoms with van der Waals surface area (Å²) in [6.07, 6.45) is 2.47. The van der Waals surface area contributed by atoms with E-state index >= 15 is 0 Å². The molecule has 16 heavy (non-hydrogen) atoms. The van der Waals surface area contributed by atoms with Crippen LogP contribution >= 0.6 is 0 Å². The summed E-state index contributed by atoms with van der Waals surface area (Å²) < 4.78 is 38.5. The number of hydrogen-bond acceptors (Lipinski definition) is 2. The van der Waals surface area contributed by atoms with Crippen LogP contribution in [0.25, 0.3) is 0 Å². The molecule has 5 heteroatoms. The second kappa shape index (κ2) is 4.83. The topological polar surface area (TPSA) is 20.3 Å². The summed E-state index contributed by atoms with van der Waals surface area (Å²) in [5, 5.41) is 0. The van der Waals surface area contributed by atoms with E-state index in [1.165, 1.54) is 6.20 Å². The van der Waals surface area contributed by atoms with Crippen molar-refractivity contribution in [3.8, 4) is 0 Å². The number of rotatable bonds is 3. The number of ketones is 1. The van der Waals surface area contributed by atoms with E-state index in [9.17, 15) is 18.0 Å². The molecule has 0 saturated heterocycles. The molecule has 0 N–H and O–H groups in total. The van der Waals surface area contributed by atoms with Gasteiger partial charge >= 0.3 is 0 Å². The van der Waals surface area contributed by atoms with Crippen molar-refractivity contribution in [3.05, 3.63) is 47.4 Å². The van der Waals surface area contributed by atoms with E-state index in [0.717, 1.165) is 6.08 Å². The van der Waals surface area contributed by atoms with Gasteiger partial charge in [0.2, 0.25) is 0 Å². The number of carbonyl (C=O) groups excluding carboxylic acids is 1. The van der Waals surface area contributed by atoms with Gasteiger partial charge in [-0.3, -0.25) is 4.79 Å². The second-order valence-electron chi connectivity index (χ2n) is 3.39. The van der Waals surface area contributed by atoms with Crippen molar-refractivity contribution >= 4 is 5.78 Å². The molecule has 0 aromatic heterocycles. The average Bonchev–Trinajstić information content (AvgIpc) is 2.20. The highest BCUT2D eigenvalue weighted by Crippen LogP contribution is 2.14. The van der Waals surface area contributed by atoms with Gasteiger partial charge < -0.3 is 4.90 Å². The average molecular weight is 229 g/mol. The minimum atomic E-state index is -1.31. The molecule has 0 aliphatic heterocycles. The van der Waals surface area contributed by atoms with Crippen LogP contribution in [0.1, 0.15) is 10.4 Å². The summed E-state index contributed by atoms with van der Waals surface area (Å²) in [5.74, 6) is -4.36. The second-order valence-corrected chi connectivity index (χ2v) is 3.39. The Balaban J connectivity index is 3.05. The Morgan fingerprint density at radius 2 is 1.69 bits per heavy atom. The van der Waals surface area contributed by atoms with Crippen molar-refractivity contribution < 1.29 is 18.0 Å². The summed E-state index contributed by atoms with van der Waals surface area (Å²) in [6.45, 7) is 0. The highest BCUT2D eigenvalue weighted by Gasteiger charge is 2.14. The number of carbonyl (C=O) groups is 1. The molecule has 0 heterocycles. The number of nitrogens with zero attached hydrogens (tertiary/aromatic N) is 1. The lowest BCUT2D eigenvalue weighted by Gasteiger charge is -2.03. The van der Waals surface area contributed by atoms with Gasteiger partial charge in [-0.25, -0.2) is 13.2 Å². The largest absolute Gasteiger partial charge is 0.383 e. The fourth-order valence-corrected chi connectivity index (χ4v) is 1.02. The Labute approximate surface area is 91.0 Å². The van der Waals surface area contributed by atoms with Crippen LogP contribution in [0.2, 0.25) is 0 Å². The number of halogens is 3. The molecule has 0 atom stereocenters. The monoisotopic (exact) mass is 229 g/mol. The van der Waals surface area contributed by atoms with Gasteiger partial charge in [0, 0.05) is 32.4 Å². The molecule has 1 rings (SSSR count). The zero-order valence-corrected chi connectivity index (χ0v) is 8.80. The highest BCUT2D eigenvalue weighted by atomic mass is 19.2. The van der Waals surface area contributed by atoms with Crippen LogP contribution in [0.3, 0.4) is 0 Å². The molecule has 0 amide bonds. The van der Waals surface area contributed by atoms with Gasteiger partial charge in [-0.15, -0.1) is 0 Å². The van der Waals surface area contributed by atoms with Crippen molar-refractivity contribution in [3.63, 3.8) is 0 Å². The molecule has 1 aromatic carbocycles. The molecule has 1 aromatic rings.